The summed E-state index contributed by atoms with van der Waals surface area (Å²) in [4.78, 5) is 6.30. The monoisotopic (exact) mass is 486 g/mol. The summed E-state index contributed by atoms with van der Waals surface area (Å²) >= 11 is 0. The second kappa shape index (κ2) is 11.6. The fourth-order valence-corrected chi connectivity index (χ4v) is 2.38. The summed E-state index contributed by atoms with van der Waals surface area (Å²) in [6.07, 6.45) is -0.0870. The molecule has 7 heteroatoms. The van der Waals surface area contributed by atoms with E-state index in [-0.39, 0.29) is 35.9 Å². The summed E-state index contributed by atoms with van der Waals surface area (Å²) in [5.41, 5.74) is 2.34. The van der Waals surface area contributed by atoms with E-state index in [9.17, 15) is 4.39 Å². The molecule has 0 aliphatic rings. The van der Waals surface area contributed by atoms with E-state index >= 15 is 0 Å². The number of rotatable bonds is 7. The van der Waals surface area contributed by atoms with Gasteiger partial charge in [-0.1, -0.05) is 12.1 Å². The Bertz CT molecular complexity index is 722. The number of nitrogens with one attached hydrogen (secondary N) is 2. The Hall–Kier alpha value is -2.03. The van der Waals surface area contributed by atoms with Gasteiger partial charge in [-0.3, -0.25) is 4.99 Å². The second-order valence-corrected chi connectivity index (χ2v) is 6.25. The minimum absolute atomic E-state index is 0. The predicted octanol–water partition coefficient (Wildman–Crippen LogP) is 3.64. The van der Waals surface area contributed by atoms with Gasteiger partial charge >= 0.3 is 0 Å². The molecule has 2 N–H and O–H groups in total. The zero-order chi connectivity index (χ0) is 18.9. The Morgan fingerprint density at radius 1 is 1.15 bits per heavy atom. The highest BCUT2D eigenvalue weighted by molar-refractivity contribution is 14.0. The van der Waals surface area contributed by atoms with Gasteiger partial charge in [0.05, 0.1) is 6.54 Å². The van der Waals surface area contributed by atoms with E-state index < -0.39 is 0 Å². The molecular formula is C20H28FIN4O. The molecule has 1 atom stereocenters. The van der Waals surface area contributed by atoms with Crippen molar-refractivity contribution in [3.05, 3.63) is 59.9 Å². The first kappa shape index (κ1) is 23.0. The number of ether oxygens (including phenoxy) is 1. The molecule has 0 saturated carbocycles. The van der Waals surface area contributed by atoms with Gasteiger partial charge < -0.3 is 20.3 Å². The van der Waals surface area contributed by atoms with Crippen LogP contribution in [0.5, 0.6) is 5.75 Å². The van der Waals surface area contributed by atoms with E-state index in [1.807, 2.05) is 27.1 Å². The highest BCUT2D eigenvalue weighted by atomic mass is 127. The summed E-state index contributed by atoms with van der Waals surface area (Å²) in [5.74, 6) is 1.07. The van der Waals surface area contributed by atoms with E-state index in [0.29, 0.717) is 24.8 Å². The average molecular weight is 486 g/mol. The van der Waals surface area contributed by atoms with Crippen LogP contribution in [0.4, 0.5) is 10.1 Å². The fourth-order valence-electron chi connectivity index (χ4n) is 2.38. The Kier molecular flexibility index (Phi) is 9.92. The molecule has 5 nitrogen and oxygen atoms in total. The van der Waals surface area contributed by atoms with E-state index in [4.69, 9.17) is 4.74 Å². The van der Waals surface area contributed by atoms with E-state index in [1.165, 1.54) is 17.7 Å². The molecule has 2 rings (SSSR count). The molecule has 0 fully saturated rings. The van der Waals surface area contributed by atoms with Crippen LogP contribution >= 0.6 is 24.0 Å². The second-order valence-electron chi connectivity index (χ2n) is 6.25. The van der Waals surface area contributed by atoms with Gasteiger partial charge in [0.2, 0.25) is 0 Å². The quantitative estimate of drug-likeness (QED) is 0.357. The van der Waals surface area contributed by atoms with Crippen LogP contribution in [0.1, 0.15) is 12.5 Å². The van der Waals surface area contributed by atoms with E-state index in [0.717, 1.165) is 5.69 Å². The summed E-state index contributed by atoms with van der Waals surface area (Å²) in [5, 5.41) is 6.53. The third kappa shape index (κ3) is 8.03. The smallest absolute Gasteiger partial charge is 0.191 e. The number of guanidine groups is 1. The number of halogens is 2. The third-order valence-corrected chi connectivity index (χ3v) is 3.82. The van der Waals surface area contributed by atoms with Crippen molar-refractivity contribution in [2.45, 2.75) is 19.6 Å². The van der Waals surface area contributed by atoms with Crippen LogP contribution in [0, 0.1) is 5.82 Å². The minimum Gasteiger partial charge on any atom is -0.489 e. The molecule has 0 spiro atoms. The summed E-state index contributed by atoms with van der Waals surface area (Å²) in [6.45, 7) is 3.20. The van der Waals surface area contributed by atoms with Crippen molar-refractivity contribution >= 4 is 35.6 Å². The van der Waals surface area contributed by atoms with Crippen LogP contribution in [0.25, 0.3) is 0 Å². The molecule has 27 heavy (non-hydrogen) atoms. The van der Waals surface area contributed by atoms with Crippen molar-refractivity contribution in [2.75, 3.05) is 32.6 Å². The zero-order valence-electron chi connectivity index (χ0n) is 16.2. The standard InChI is InChI=1S/C20H27FN4O.HI/c1-15(26-19-10-8-17(21)9-11-19)13-23-20(22-2)24-14-16-6-5-7-18(12-16)25(3)4;/h5-12,15H,13-14H2,1-4H3,(H2,22,23,24);1H. The van der Waals surface area contributed by atoms with E-state index in [2.05, 4.69) is 38.7 Å². The molecule has 2 aromatic rings. The van der Waals surface area contributed by atoms with Crippen LogP contribution in [0.15, 0.2) is 53.5 Å². The highest BCUT2D eigenvalue weighted by Gasteiger charge is 2.06. The lowest BCUT2D eigenvalue weighted by atomic mass is 10.2. The maximum Gasteiger partial charge on any atom is 0.191 e. The normalized spacial score (nSPS) is 12.0. The van der Waals surface area contributed by atoms with Crippen LogP contribution in [-0.2, 0) is 6.54 Å². The molecule has 0 heterocycles. The first-order chi connectivity index (χ1) is 12.5. The first-order valence-corrected chi connectivity index (χ1v) is 8.61. The van der Waals surface area contributed by atoms with Crippen LogP contribution < -0.4 is 20.3 Å². The number of benzene rings is 2. The van der Waals surface area contributed by atoms with Crippen molar-refractivity contribution in [2.24, 2.45) is 4.99 Å². The number of nitrogens with zero attached hydrogens (tertiary/aromatic N) is 2. The van der Waals surface area contributed by atoms with Crippen molar-refractivity contribution in [3.8, 4) is 5.75 Å². The molecular weight excluding hydrogens is 458 g/mol. The number of aliphatic imine (C=N–C) groups is 1. The zero-order valence-corrected chi connectivity index (χ0v) is 18.5. The van der Waals surface area contributed by atoms with Crippen molar-refractivity contribution < 1.29 is 9.13 Å². The maximum atomic E-state index is 12.9. The van der Waals surface area contributed by atoms with Gasteiger partial charge in [-0.25, -0.2) is 4.39 Å². The fraction of sp³-hybridized carbons (Fsp3) is 0.350. The lowest BCUT2D eigenvalue weighted by Gasteiger charge is -2.18. The molecule has 0 aliphatic carbocycles. The maximum absolute atomic E-state index is 12.9. The van der Waals surface area contributed by atoms with E-state index in [1.54, 1.807) is 19.2 Å². The molecule has 0 amide bonds. The number of anilines is 1. The van der Waals surface area contributed by atoms with Gasteiger partial charge in [0.1, 0.15) is 17.7 Å². The predicted molar refractivity (Wildman–Crippen MR) is 121 cm³/mol. The van der Waals surface area contributed by atoms with Gasteiger partial charge in [0.25, 0.3) is 0 Å². The molecule has 1 unspecified atom stereocenters. The molecule has 2 aromatic carbocycles. The number of hydrogen-bond donors (Lipinski definition) is 2. The Morgan fingerprint density at radius 2 is 1.85 bits per heavy atom. The molecule has 0 aliphatic heterocycles. The average Bonchev–Trinajstić information content (AvgIpc) is 2.64. The highest BCUT2D eigenvalue weighted by Crippen LogP contribution is 2.13. The molecule has 0 saturated heterocycles. The Morgan fingerprint density at radius 3 is 2.48 bits per heavy atom. The minimum atomic E-state index is -0.272. The summed E-state index contributed by atoms with van der Waals surface area (Å²) in [6, 6.07) is 14.4. The molecule has 0 aromatic heterocycles. The van der Waals surface area contributed by atoms with Crippen LogP contribution in [-0.4, -0.2) is 39.8 Å². The first-order valence-electron chi connectivity index (χ1n) is 8.61. The Balaban J connectivity index is 0.00000364. The molecule has 0 radical (unpaired) electrons. The van der Waals surface area contributed by atoms with Crippen molar-refractivity contribution in [3.63, 3.8) is 0 Å². The van der Waals surface area contributed by atoms with Crippen LogP contribution in [0.2, 0.25) is 0 Å². The van der Waals surface area contributed by atoms with Gasteiger partial charge in [-0.2, -0.15) is 0 Å². The SMILES string of the molecule is CN=C(NCc1cccc(N(C)C)c1)NCC(C)Oc1ccc(F)cc1.I. The van der Waals surface area contributed by atoms with Crippen molar-refractivity contribution in [1.29, 1.82) is 0 Å². The lowest BCUT2D eigenvalue weighted by Crippen LogP contribution is -2.41. The third-order valence-electron chi connectivity index (χ3n) is 3.82. The van der Waals surface area contributed by atoms with Gasteiger partial charge in [0.15, 0.2) is 5.96 Å². The van der Waals surface area contributed by atoms with Gasteiger partial charge in [-0.05, 0) is 48.9 Å². The topological polar surface area (TPSA) is 48.9 Å². The van der Waals surface area contributed by atoms with Crippen molar-refractivity contribution in [1.82, 2.24) is 10.6 Å². The van der Waals surface area contributed by atoms with Crippen LogP contribution in [0.3, 0.4) is 0 Å². The molecule has 148 valence electrons. The number of hydrogen-bond acceptors (Lipinski definition) is 3. The summed E-state index contributed by atoms with van der Waals surface area (Å²) < 4.78 is 18.7. The van der Waals surface area contributed by atoms with Gasteiger partial charge in [-0.15, -0.1) is 24.0 Å². The largest absolute Gasteiger partial charge is 0.489 e. The van der Waals surface area contributed by atoms with Gasteiger partial charge in [0, 0.05) is 33.4 Å². The Labute approximate surface area is 178 Å². The lowest BCUT2D eigenvalue weighted by molar-refractivity contribution is 0.223. The molecule has 0 bridgehead atoms. The summed E-state index contributed by atoms with van der Waals surface area (Å²) in [7, 11) is 5.78.